The number of amides is 2. The Morgan fingerprint density at radius 3 is 2.53 bits per heavy atom. The normalized spacial score (nSPS) is 28.7. The summed E-state index contributed by atoms with van der Waals surface area (Å²) in [5.74, 6) is -3.88. The van der Waals surface area contributed by atoms with Gasteiger partial charge in [0.25, 0.3) is 0 Å². The number of urea groups is 1. The molecule has 8 nitrogen and oxygen atoms in total. The molecule has 3 aliphatic carbocycles. The molecule has 5 atom stereocenters. The Morgan fingerprint density at radius 2 is 1.93 bits per heavy atom. The first-order valence-electron chi connectivity index (χ1n) is 15.3. The number of ether oxygens (including phenoxy) is 1. The van der Waals surface area contributed by atoms with E-state index in [9.17, 15) is 28.0 Å². The summed E-state index contributed by atoms with van der Waals surface area (Å²) in [6.07, 6.45) is 11.3. The number of esters is 1. The number of nitrogens with zero attached hydrogens (tertiary/aromatic N) is 1. The summed E-state index contributed by atoms with van der Waals surface area (Å²) in [7, 11) is 0. The molecule has 2 N–H and O–H groups in total. The van der Waals surface area contributed by atoms with Crippen LogP contribution in [0, 0.1) is 17.3 Å². The molecule has 4 aliphatic rings. The Bertz CT molecular complexity index is 1220. The van der Waals surface area contributed by atoms with E-state index in [0.29, 0.717) is 30.4 Å². The molecule has 11 heteroatoms. The Morgan fingerprint density at radius 1 is 1.19 bits per heavy atom. The van der Waals surface area contributed by atoms with Gasteiger partial charge in [0.1, 0.15) is 6.10 Å². The van der Waals surface area contributed by atoms with Gasteiger partial charge in [-0.3, -0.25) is 10.0 Å². The SMILES string of the molecule is CCCC1=CC2C(OC(=O)CC2C(F)(F)F)C(CCC)=C1OON(O)C(=O)NC(C)(C1=CCCC=C1)C1(C)C=CCCC1. The number of carbonyl (C=O) groups excluding carboxylic acids is 2. The molecule has 1 aliphatic heterocycles. The number of rotatable bonds is 10. The van der Waals surface area contributed by atoms with Crippen LogP contribution >= 0.6 is 0 Å². The van der Waals surface area contributed by atoms with Crippen LogP contribution in [-0.4, -0.2) is 40.3 Å². The van der Waals surface area contributed by atoms with Gasteiger partial charge in [0.15, 0.2) is 5.76 Å². The van der Waals surface area contributed by atoms with Gasteiger partial charge in [0.05, 0.1) is 17.9 Å². The minimum Gasteiger partial charge on any atom is -0.457 e. The number of hydrogen-bond donors (Lipinski definition) is 2. The Kier molecular flexibility index (Phi) is 10.2. The van der Waals surface area contributed by atoms with Gasteiger partial charge < -0.3 is 14.9 Å². The van der Waals surface area contributed by atoms with Crippen LogP contribution in [0.2, 0.25) is 0 Å². The summed E-state index contributed by atoms with van der Waals surface area (Å²) in [6, 6.07) is -0.976. The number of hydrogen-bond acceptors (Lipinski definition) is 6. The van der Waals surface area contributed by atoms with E-state index >= 15 is 0 Å². The lowest BCUT2D eigenvalue weighted by Crippen LogP contribution is -2.60. The minimum atomic E-state index is -4.60. The van der Waals surface area contributed by atoms with Gasteiger partial charge in [-0.1, -0.05) is 70.1 Å². The molecule has 0 aromatic rings. The zero-order valence-electron chi connectivity index (χ0n) is 25.3. The number of halogens is 3. The monoisotopic (exact) mass is 608 g/mol. The van der Waals surface area contributed by atoms with E-state index in [4.69, 9.17) is 14.6 Å². The van der Waals surface area contributed by atoms with Gasteiger partial charge in [0, 0.05) is 16.9 Å². The average molecular weight is 609 g/mol. The van der Waals surface area contributed by atoms with Gasteiger partial charge in [-0.25, -0.2) is 4.79 Å². The highest BCUT2D eigenvalue weighted by atomic mass is 19.4. The minimum absolute atomic E-state index is 0.0428. The number of allylic oxidation sites excluding steroid dienone is 4. The van der Waals surface area contributed by atoms with Crippen LogP contribution in [0.1, 0.15) is 91.9 Å². The van der Waals surface area contributed by atoms with E-state index in [1.54, 1.807) is 0 Å². The van der Waals surface area contributed by atoms with Crippen LogP contribution in [0.4, 0.5) is 18.0 Å². The van der Waals surface area contributed by atoms with E-state index in [0.717, 1.165) is 37.7 Å². The number of hydroxylamine groups is 2. The highest BCUT2D eigenvalue weighted by Crippen LogP contribution is 2.48. The predicted molar refractivity (Wildman–Crippen MR) is 153 cm³/mol. The van der Waals surface area contributed by atoms with E-state index in [-0.39, 0.29) is 17.4 Å². The van der Waals surface area contributed by atoms with Crippen molar-refractivity contribution in [2.45, 2.75) is 110 Å². The fourth-order valence-corrected chi connectivity index (χ4v) is 6.71. The summed E-state index contributed by atoms with van der Waals surface area (Å²) in [5, 5.41) is 13.6. The molecule has 4 rings (SSSR count). The van der Waals surface area contributed by atoms with E-state index in [1.807, 2.05) is 32.9 Å². The molecule has 1 saturated heterocycles. The summed E-state index contributed by atoms with van der Waals surface area (Å²) in [4.78, 5) is 36.3. The smallest absolute Gasteiger partial charge is 0.393 e. The second kappa shape index (κ2) is 13.3. The molecule has 0 aromatic heterocycles. The summed E-state index contributed by atoms with van der Waals surface area (Å²) in [5.41, 5.74) is 0.325. The van der Waals surface area contributed by atoms with Crippen molar-refractivity contribution >= 4 is 12.0 Å². The molecule has 0 radical (unpaired) electrons. The molecular weight excluding hydrogens is 565 g/mol. The quantitative estimate of drug-likeness (QED) is 0.0859. The topological polar surface area (TPSA) is 97.3 Å². The van der Waals surface area contributed by atoms with Gasteiger partial charge in [-0.05, 0) is 73.2 Å². The average Bonchev–Trinajstić information content (AvgIpc) is 2.97. The maximum atomic E-state index is 14.0. The van der Waals surface area contributed by atoms with Crippen molar-refractivity contribution in [3.63, 3.8) is 0 Å². The number of alkyl halides is 3. The second-order valence-electron chi connectivity index (χ2n) is 12.2. The highest BCUT2D eigenvalue weighted by molar-refractivity contribution is 5.74. The molecule has 0 saturated carbocycles. The van der Waals surface area contributed by atoms with Crippen molar-refractivity contribution in [1.29, 1.82) is 0 Å². The van der Waals surface area contributed by atoms with Crippen LogP contribution in [0.15, 0.2) is 58.9 Å². The van der Waals surface area contributed by atoms with Gasteiger partial charge >= 0.3 is 18.2 Å². The van der Waals surface area contributed by atoms with Crippen LogP contribution < -0.4 is 5.32 Å². The molecular formula is C32H43F3N2O6. The molecule has 43 heavy (non-hydrogen) atoms. The molecule has 0 bridgehead atoms. The molecule has 1 fully saturated rings. The molecule has 0 aromatic carbocycles. The number of carbonyl (C=O) groups is 2. The van der Waals surface area contributed by atoms with Crippen LogP contribution in [0.5, 0.6) is 0 Å². The van der Waals surface area contributed by atoms with Gasteiger partial charge in [0.2, 0.25) is 0 Å². The summed E-state index contributed by atoms with van der Waals surface area (Å²) >= 11 is 0. The zero-order chi connectivity index (χ0) is 31.4. The van der Waals surface area contributed by atoms with Crippen molar-refractivity contribution in [2.24, 2.45) is 17.3 Å². The largest absolute Gasteiger partial charge is 0.457 e. The Labute approximate surface area is 251 Å². The first-order valence-corrected chi connectivity index (χ1v) is 15.3. The lowest BCUT2D eigenvalue weighted by molar-refractivity contribution is -0.467. The van der Waals surface area contributed by atoms with Crippen LogP contribution in [-0.2, 0) is 19.4 Å². The third kappa shape index (κ3) is 6.87. The first kappa shape index (κ1) is 32.9. The zero-order valence-corrected chi connectivity index (χ0v) is 25.3. The van der Waals surface area contributed by atoms with Crippen LogP contribution in [0.3, 0.4) is 0 Å². The highest BCUT2D eigenvalue weighted by Gasteiger charge is 2.54. The van der Waals surface area contributed by atoms with E-state index < -0.39 is 53.5 Å². The third-order valence-electron chi connectivity index (χ3n) is 9.23. The molecule has 0 spiro atoms. The first-order chi connectivity index (χ1) is 20.3. The molecule has 5 unspecified atom stereocenters. The number of fused-ring (bicyclic) bond motifs is 1. The van der Waals surface area contributed by atoms with E-state index in [2.05, 4.69) is 30.5 Å². The lowest BCUT2D eigenvalue weighted by Gasteiger charge is -2.48. The van der Waals surface area contributed by atoms with Gasteiger partial charge in [-0.15, -0.1) is 0 Å². The standard InChI is InChI=1S/C32H43F3N2O6/c1-5-13-21-19-24-25(32(33,34)35)20-26(38)41-28(24)23(14-6-2)27(21)42-43-37(40)29(39)36-31(4,22-15-9-7-10-16-22)30(3)17-11-8-12-18-30/h9,11,15-17,19,24-25,28,40H,5-8,10,12-14,18,20H2,1-4H3,(H,36,39). The van der Waals surface area contributed by atoms with Crippen molar-refractivity contribution in [1.82, 2.24) is 10.5 Å². The Hall–Kier alpha value is -3.05. The van der Waals surface area contributed by atoms with Gasteiger partial charge in [-0.2, -0.15) is 13.2 Å². The van der Waals surface area contributed by atoms with Crippen molar-refractivity contribution in [2.75, 3.05) is 0 Å². The summed E-state index contributed by atoms with van der Waals surface area (Å²) in [6.45, 7) is 7.68. The third-order valence-corrected chi connectivity index (χ3v) is 9.23. The fraction of sp³-hybridized carbons (Fsp3) is 0.625. The maximum absolute atomic E-state index is 14.0. The van der Waals surface area contributed by atoms with Crippen LogP contribution in [0.25, 0.3) is 0 Å². The fourth-order valence-electron chi connectivity index (χ4n) is 6.71. The number of nitrogens with one attached hydrogen (secondary N) is 1. The van der Waals surface area contributed by atoms with Crippen molar-refractivity contribution in [3.8, 4) is 0 Å². The maximum Gasteiger partial charge on any atom is 0.393 e. The van der Waals surface area contributed by atoms with E-state index in [1.165, 1.54) is 6.08 Å². The molecule has 1 heterocycles. The predicted octanol–water partition coefficient (Wildman–Crippen LogP) is 7.94. The molecule has 2 amide bonds. The Balaban J connectivity index is 1.59. The van der Waals surface area contributed by atoms with Crippen molar-refractivity contribution in [3.05, 3.63) is 58.9 Å². The summed E-state index contributed by atoms with van der Waals surface area (Å²) < 4.78 is 47.4. The molecule has 238 valence electrons. The van der Waals surface area contributed by atoms with Crippen molar-refractivity contribution < 1.29 is 42.6 Å². The lowest BCUT2D eigenvalue weighted by atomic mass is 9.63. The second-order valence-corrected chi connectivity index (χ2v) is 12.2.